The summed E-state index contributed by atoms with van der Waals surface area (Å²) in [6.07, 6.45) is 9.53. The summed E-state index contributed by atoms with van der Waals surface area (Å²) in [5, 5.41) is 0.461. The number of halogens is 1. The molecule has 1 saturated carbocycles. The van der Waals surface area contributed by atoms with Crippen LogP contribution in [-0.2, 0) is 0 Å². The van der Waals surface area contributed by atoms with Gasteiger partial charge in [0.2, 0.25) is 0 Å². The minimum atomic E-state index is 0.461. The Morgan fingerprint density at radius 1 is 1.08 bits per heavy atom. The van der Waals surface area contributed by atoms with Crippen LogP contribution in [0.25, 0.3) is 0 Å². The molecule has 1 aliphatic rings. The van der Waals surface area contributed by atoms with Crippen LogP contribution >= 0.6 is 11.6 Å². The largest absolute Gasteiger partial charge is 0.123 e. The quantitative estimate of drug-likeness (QED) is 0.574. The fourth-order valence-corrected chi connectivity index (χ4v) is 2.77. The van der Waals surface area contributed by atoms with Crippen molar-refractivity contribution in [2.24, 2.45) is 11.8 Å². The van der Waals surface area contributed by atoms with Gasteiger partial charge in [0.1, 0.15) is 0 Å². The van der Waals surface area contributed by atoms with Gasteiger partial charge in [0.05, 0.1) is 0 Å². The second-order valence-corrected chi connectivity index (χ2v) is 5.46. The van der Waals surface area contributed by atoms with Crippen LogP contribution < -0.4 is 0 Å². The number of hydrogen-bond donors (Lipinski definition) is 0. The molecule has 13 heavy (non-hydrogen) atoms. The normalized spacial score (nSPS) is 31.4. The number of rotatable bonds is 2. The molecule has 0 nitrogen and oxygen atoms in total. The van der Waals surface area contributed by atoms with Crippen LogP contribution in [0, 0.1) is 11.8 Å². The van der Waals surface area contributed by atoms with Crippen molar-refractivity contribution in [3.05, 3.63) is 0 Å². The lowest BCUT2D eigenvalue weighted by molar-refractivity contribution is 0.328. The molecule has 1 fully saturated rings. The van der Waals surface area contributed by atoms with Gasteiger partial charge < -0.3 is 0 Å². The van der Waals surface area contributed by atoms with E-state index in [0.717, 1.165) is 11.8 Å². The molecule has 1 aliphatic carbocycles. The lowest BCUT2D eigenvalue weighted by Crippen LogP contribution is -2.18. The Bertz CT molecular complexity index is 131. The molecule has 78 valence electrons. The third-order valence-electron chi connectivity index (χ3n) is 3.09. The molecule has 2 atom stereocenters. The van der Waals surface area contributed by atoms with Crippen LogP contribution in [0.1, 0.15) is 58.8 Å². The Balaban J connectivity index is 2.37. The van der Waals surface area contributed by atoms with Crippen LogP contribution in [0.3, 0.4) is 0 Å². The van der Waals surface area contributed by atoms with E-state index in [1.54, 1.807) is 0 Å². The third-order valence-corrected chi connectivity index (χ3v) is 3.67. The lowest BCUT2D eigenvalue weighted by atomic mass is 9.85. The average Bonchev–Trinajstić information content (AvgIpc) is 2.04. The maximum atomic E-state index is 6.40. The molecule has 0 saturated heterocycles. The van der Waals surface area contributed by atoms with Gasteiger partial charge in [-0.2, -0.15) is 0 Å². The topological polar surface area (TPSA) is 0 Å². The summed E-state index contributed by atoms with van der Waals surface area (Å²) in [6.45, 7) is 4.62. The smallest absolute Gasteiger partial charge is 0.0364 e. The Kier molecular flexibility index (Phi) is 5.16. The van der Waals surface area contributed by atoms with Gasteiger partial charge >= 0.3 is 0 Å². The Hall–Kier alpha value is 0.290. The van der Waals surface area contributed by atoms with Crippen molar-refractivity contribution in [1.29, 1.82) is 0 Å². The second-order valence-electron chi connectivity index (χ2n) is 4.90. The van der Waals surface area contributed by atoms with Crippen LogP contribution in [0.15, 0.2) is 0 Å². The summed E-state index contributed by atoms with van der Waals surface area (Å²) in [6, 6.07) is 0. The zero-order chi connectivity index (χ0) is 9.68. The summed E-state index contributed by atoms with van der Waals surface area (Å²) in [5.41, 5.74) is 0. The molecule has 0 amide bonds. The van der Waals surface area contributed by atoms with E-state index < -0.39 is 0 Å². The van der Waals surface area contributed by atoms with Crippen molar-refractivity contribution in [2.75, 3.05) is 0 Å². The zero-order valence-electron chi connectivity index (χ0n) is 9.06. The summed E-state index contributed by atoms with van der Waals surface area (Å²) < 4.78 is 0. The molecule has 0 heterocycles. The van der Waals surface area contributed by atoms with Gasteiger partial charge in [0.25, 0.3) is 0 Å². The van der Waals surface area contributed by atoms with Gasteiger partial charge in [-0.1, -0.05) is 39.5 Å². The number of hydrogen-bond acceptors (Lipinski definition) is 0. The van der Waals surface area contributed by atoms with E-state index in [-0.39, 0.29) is 0 Å². The lowest BCUT2D eigenvalue weighted by Gasteiger charge is -2.26. The highest BCUT2D eigenvalue weighted by molar-refractivity contribution is 6.20. The molecule has 0 aliphatic heterocycles. The highest BCUT2D eigenvalue weighted by Gasteiger charge is 2.21. The van der Waals surface area contributed by atoms with Crippen LogP contribution in [0.4, 0.5) is 0 Å². The Morgan fingerprint density at radius 2 is 1.69 bits per heavy atom. The van der Waals surface area contributed by atoms with Gasteiger partial charge in [-0.3, -0.25) is 0 Å². The third kappa shape index (κ3) is 4.35. The summed E-state index contributed by atoms with van der Waals surface area (Å²) in [7, 11) is 0. The minimum absolute atomic E-state index is 0.461. The zero-order valence-corrected chi connectivity index (χ0v) is 9.82. The maximum Gasteiger partial charge on any atom is 0.0364 e. The van der Waals surface area contributed by atoms with Crippen molar-refractivity contribution in [1.82, 2.24) is 0 Å². The average molecular weight is 203 g/mol. The predicted molar refractivity (Wildman–Crippen MR) is 60.3 cm³/mol. The summed E-state index contributed by atoms with van der Waals surface area (Å²) >= 11 is 6.40. The first-order valence-corrected chi connectivity index (χ1v) is 6.28. The first kappa shape index (κ1) is 11.4. The van der Waals surface area contributed by atoms with Gasteiger partial charge in [0.15, 0.2) is 0 Å². The van der Waals surface area contributed by atoms with Crippen molar-refractivity contribution < 1.29 is 0 Å². The molecule has 0 aromatic heterocycles. The van der Waals surface area contributed by atoms with Crippen LogP contribution in [-0.4, -0.2) is 5.38 Å². The highest BCUT2D eigenvalue weighted by Crippen LogP contribution is 2.31. The van der Waals surface area contributed by atoms with E-state index in [0.29, 0.717) is 5.38 Å². The van der Waals surface area contributed by atoms with Crippen molar-refractivity contribution >= 4 is 11.6 Å². The molecule has 1 rings (SSSR count). The molecule has 0 N–H and O–H groups in total. The molecular formula is C12H23Cl. The van der Waals surface area contributed by atoms with E-state index in [9.17, 15) is 0 Å². The first-order valence-electron chi connectivity index (χ1n) is 5.84. The van der Waals surface area contributed by atoms with E-state index in [1.807, 2.05) is 0 Å². The van der Waals surface area contributed by atoms with Crippen LogP contribution in [0.2, 0.25) is 0 Å². The molecule has 2 unspecified atom stereocenters. The molecule has 0 spiro atoms. The van der Waals surface area contributed by atoms with Crippen molar-refractivity contribution in [3.8, 4) is 0 Å². The number of alkyl halides is 1. The molecule has 0 bridgehead atoms. The van der Waals surface area contributed by atoms with Crippen LogP contribution in [0.5, 0.6) is 0 Å². The maximum absolute atomic E-state index is 6.40. The fourth-order valence-electron chi connectivity index (χ4n) is 2.39. The minimum Gasteiger partial charge on any atom is -0.123 e. The Morgan fingerprint density at radius 3 is 2.31 bits per heavy atom. The van der Waals surface area contributed by atoms with Gasteiger partial charge in [0, 0.05) is 5.38 Å². The van der Waals surface area contributed by atoms with Crippen molar-refractivity contribution in [2.45, 2.75) is 64.2 Å². The van der Waals surface area contributed by atoms with Gasteiger partial charge in [-0.15, -0.1) is 11.6 Å². The predicted octanol–water partition coefficient (Wildman–Crippen LogP) is 4.61. The van der Waals surface area contributed by atoms with Gasteiger partial charge in [-0.05, 0) is 31.1 Å². The van der Waals surface area contributed by atoms with E-state index in [4.69, 9.17) is 11.6 Å². The molecule has 0 aromatic rings. The summed E-state index contributed by atoms with van der Waals surface area (Å²) in [4.78, 5) is 0. The standard InChI is InChI=1S/C12H23Cl/c1-10(2)9-11-7-5-3-4-6-8-12(11)13/h10-12H,3-9H2,1-2H3. The van der Waals surface area contributed by atoms with E-state index in [1.165, 1.54) is 44.9 Å². The van der Waals surface area contributed by atoms with Gasteiger partial charge in [-0.25, -0.2) is 0 Å². The SMILES string of the molecule is CC(C)CC1CCCCCCC1Cl. The fraction of sp³-hybridized carbons (Fsp3) is 1.00. The molecule has 0 radical (unpaired) electrons. The molecular weight excluding hydrogens is 180 g/mol. The highest BCUT2D eigenvalue weighted by atomic mass is 35.5. The molecule has 1 heteroatoms. The van der Waals surface area contributed by atoms with E-state index in [2.05, 4.69) is 13.8 Å². The van der Waals surface area contributed by atoms with Crippen molar-refractivity contribution in [3.63, 3.8) is 0 Å². The Labute approximate surface area is 88.1 Å². The monoisotopic (exact) mass is 202 g/mol. The first-order chi connectivity index (χ1) is 6.20. The summed E-state index contributed by atoms with van der Waals surface area (Å²) in [5.74, 6) is 1.60. The van der Waals surface area contributed by atoms with E-state index >= 15 is 0 Å². The molecule has 0 aromatic carbocycles. The second kappa shape index (κ2) is 5.90.